The predicted molar refractivity (Wildman–Crippen MR) is 70.0 cm³/mol. The van der Waals surface area contributed by atoms with Gasteiger partial charge >= 0.3 is 5.97 Å². The molecular weight excluding hydrogens is 252 g/mol. The zero-order valence-corrected chi connectivity index (χ0v) is 10.1. The Labute approximate surface area is 109 Å². The molecule has 0 amide bonds. The van der Waals surface area contributed by atoms with Crippen molar-refractivity contribution in [2.75, 3.05) is 0 Å². The van der Waals surface area contributed by atoms with Gasteiger partial charge in [-0.15, -0.1) is 0 Å². The summed E-state index contributed by atoms with van der Waals surface area (Å²) < 4.78 is 5.00. The number of carbonyl (C=O) groups is 2. The van der Waals surface area contributed by atoms with Crippen LogP contribution in [0.5, 0.6) is 5.75 Å². The first-order valence-electron chi connectivity index (χ1n) is 5.18. The summed E-state index contributed by atoms with van der Waals surface area (Å²) in [6, 6.07) is 10.2. The summed E-state index contributed by atoms with van der Waals surface area (Å²) in [4.78, 5) is 22.1. The van der Waals surface area contributed by atoms with Crippen LogP contribution < -0.4 is 4.74 Å². The molecule has 0 bridgehead atoms. The molecule has 0 saturated carbocycles. The van der Waals surface area contributed by atoms with Gasteiger partial charge < -0.3 is 4.74 Å². The van der Waals surface area contributed by atoms with Gasteiger partial charge in [0, 0.05) is 11.6 Å². The molecule has 0 heterocycles. The molecule has 18 heavy (non-hydrogen) atoms. The molecule has 2 rings (SSSR count). The summed E-state index contributed by atoms with van der Waals surface area (Å²) in [6.07, 6.45) is 1.10. The fourth-order valence-corrected chi connectivity index (χ4v) is 1.68. The number of benzene rings is 2. The molecule has 0 aliphatic heterocycles. The molecule has 4 heteroatoms. The number of esters is 1. The number of hydrogen-bond donors (Lipinski definition) is 0. The van der Waals surface area contributed by atoms with Crippen LogP contribution in [-0.2, 0) is 4.79 Å². The monoisotopic (exact) mass is 260 g/mol. The van der Waals surface area contributed by atoms with Crippen molar-refractivity contribution < 1.29 is 14.3 Å². The fourth-order valence-electron chi connectivity index (χ4n) is 1.57. The van der Waals surface area contributed by atoms with Crippen LogP contribution in [0.15, 0.2) is 49.1 Å². The van der Waals surface area contributed by atoms with Gasteiger partial charge in [-0.3, -0.25) is 4.79 Å². The van der Waals surface area contributed by atoms with Crippen molar-refractivity contribution in [1.29, 1.82) is 0 Å². The zero-order valence-electron chi connectivity index (χ0n) is 9.35. The molecule has 0 aliphatic rings. The number of rotatable bonds is 3. The summed E-state index contributed by atoms with van der Waals surface area (Å²) in [5.41, 5.74) is 0.431. The second kappa shape index (κ2) is 5.02. The SMILES string of the molecule is C=CC(=O)Oc1ccc2cc(C(=O)Cl)ccc2c1. The van der Waals surface area contributed by atoms with Gasteiger partial charge in [-0.1, -0.05) is 18.7 Å². The summed E-state index contributed by atoms with van der Waals surface area (Å²) in [5, 5.41) is 1.20. The molecule has 0 aromatic heterocycles. The van der Waals surface area contributed by atoms with Crippen molar-refractivity contribution in [3.05, 3.63) is 54.6 Å². The molecule has 0 unspecified atom stereocenters. The van der Waals surface area contributed by atoms with E-state index in [1.165, 1.54) is 0 Å². The largest absolute Gasteiger partial charge is 0.423 e. The van der Waals surface area contributed by atoms with E-state index in [4.69, 9.17) is 16.3 Å². The van der Waals surface area contributed by atoms with Gasteiger partial charge in [-0.2, -0.15) is 0 Å². The zero-order chi connectivity index (χ0) is 13.1. The molecule has 90 valence electrons. The third kappa shape index (κ3) is 2.57. The van der Waals surface area contributed by atoms with Gasteiger partial charge in [0.05, 0.1) is 0 Å². The first-order valence-corrected chi connectivity index (χ1v) is 5.56. The van der Waals surface area contributed by atoms with Crippen LogP contribution in [0.25, 0.3) is 10.8 Å². The first-order chi connectivity index (χ1) is 8.60. The van der Waals surface area contributed by atoms with Crippen LogP contribution >= 0.6 is 11.6 Å². The number of halogens is 1. The quantitative estimate of drug-likeness (QED) is 0.368. The number of ether oxygens (including phenoxy) is 1. The second-order valence-electron chi connectivity index (χ2n) is 3.62. The lowest BCUT2D eigenvalue weighted by Gasteiger charge is -2.04. The van der Waals surface area contributed by atoms with Gasteiger partial charge in [0.1, 0.15) is 5.75 Å². The number of carbonyl (C=O) groups excluding carboxylic acids is 2. The predicted octanol–water partition coefficient (Wildman–Crippen LogP) is 3.31. The van der Waals surface area contributed by atoms with Crippen LogP contribution in [0, 0.1) is 0 Å². The molecular formula is C14H9ClO3. The normalized spacial score (nSPS) is 10.1. The first kappa shape index (κ1) is 12.3. The highest BCUT2D eigenvalue weighted by atomic mass is 35.5. The van der Waals surface area contributed by atoms with Gasteiger partial charge in [0.25, 0.3) is 5.24 Å². The minimum absolute atomic E-state index is 0.428. The highest BCUT2D eigenvalue weighted by Crippen LogP contribution is 2.22. The summed E-state index contributed by atoms with van der Waals surface area (Å²) in [5.74, 6) is -0.0840. The summed E-state index contributed by atoms with van der Waals surface area (Å²) >= 11 is 5.40. The maximum Gasteiger partial charge on any atom is 0.335 e. The number of fused-ring (bicyclic) bond motifs is 1. The minimum Gasteiger partial charge on any atom is -0.423 e. The van der Waals surface area contributed by atoms with Crippen LogP contribution in [-0.4, -0.2) is 11.2 Å². The average Bonchev–Trinajstić information content (AvgIpc) is 2.37. The molecule has 0 N–H and O–H groups in total. The Bertz CT molecular complexity index is 647. The molecule has 0 atom stereocenters. The number of hydrogen-bond acceptors (Lipinski definition) is 3. The Kier molecular flexibility index (Phi) is 3.44. The van der Waals surface area contributed by atoms with Gasteiger partial charge in [0.15, 0.2) is 0 Å². The van der Waals surface area contributed by atoms with E-state index in [-0.39, 0.29) is 0 Å². The Balaban J connectivity index is 2.41. The van der Waals surface area contributed by atoms with Crippen molar-refractivity contribution in [1.82, 2.24) is 0 Å². The third-order valence-corrected chi connectivity index (χ3v) is 2.64. The Morgan fingerprint density at radius 3 is 2.44 bits per heavy atom. The molecule has 2 aromatic rings. The van der Waals surface area contributed by atoms with E-state index in [9.17, 15) is 9.59 Å². The second-order valence-corrected chi connectivity index (χ2v) is 3.97. The van der Waals surface area contributed by atoms with E-state index < -0.39 is 11.2 Å². The van der Waals surface area contributed by atoms with Crippen LogP contribution in [0.1, 0.15) is 10.4 Å². The standard InChI is InChI=1S/C14H9ClO3/c1-2-13(16)18-12-6-5-9-7-11(14(15)17)4-3-10(9)8-12/h2-8H,1H2. The van der Waals surface area contributed by atoms with Crippen molar-refractivity contribution in [2.45, 2.75) is 0 Å². The van der Waals surface area contributed by atoms with E-state index in [1.807, 2.05) is 0 Å². The van der Waals surface area contributed by atoms with E-state index in [1.54, 1.807) is 36.4 Å². The van der Waals surface area contributed by atoms with Gasteiger partial charge in [0.2, 0.25) is 0 Å². The van der Waals surface area contributed by atoms with E-state index >= 15 is 0 Å². The van der Waals surface area contributed by atoms with Crippen molar-refractivity contribution >= 4 is 33.6 Å². The molecule has 2 aromatic carbocycles. The van der Waals surface area contributed by atoms with Crippen molar-refractivity contribution in [3.63, 3.8) is 0 Å². The Morgan fingerprint density at radius 1 is 1.11 bits per heavy atom. The maximum absolute atomic E-state index is 11.1. The Morgan fingerprint density at radius 2 is 1.78 bits per heavy atom. The lowest BCUT2D eigenvalue weighted by molar-refractivity contribution is -0.128. The van der Waals surface area contributed by atoms with E-state index in [0.717, 1.165) is 16.8 Å². The van der Waals surface area contributed by atoms with Crippen molar-refractivity contribution in [2.24, 2.45) is 0 Å². The molecule has 0 spiro atoms. The minimum atomic E-state index is -0.512. The Hall–Kier alpha value is -2.13. The molecule has 0 fully saturated rings. The fraction of sp³-hybridized carbons (Fsp3) is 0. The molecule has 3 nitrogen and oxygen atoms in total. The lowest BCUT2D eigenvalue weighted by Crippen LogP contribution is -2.02. The maximum atomic E-state index is 11.1. The molecule has 0 saturated heterocycles. The van der Waals surface area contributed by atoms with E-state index in [2.05, 4.69) is 6.58 Å². The topological polar surface area (TPSA) is 43.4 Å². The van der Waals surface area contributed by atoms with Gasteiger partial charge in [-0.25, -0.2) is 4.79 Å². The highest BCUT2D eigenvalue weighted by molar-refractivity contribution is 6.67. The average molecular weight is 261 g/mol. The summed E-state index contributed by atoms with van der Waals surface area (Å²) in [6.45, 7) is 3.32. The van der Waals surface area contributed by atoms with Crippen LogP contribution in [0.3, 0.4) is 0 Å². The summed E-state index contributed by atoms with van der Waals surface area (Å²) in [7, 11) is 0. The van der Waals surface area contributed by atoms with Gasteiger partial charge in [-0.05, 0) is 46.6 Å². The lowest BCUT2D eigenvalue weighted by atomic mass is 10.1. The third-order valence-electron chi connectivity index (χ3n) is 2.42. The van der Waals surface area contributed by atoms with Crippen LogP contribution in [0.2, 0.25) is 0 Å². The molecule has 0 aliphatic carbocycles. The highest BCUT2D eigenvalue weighted by Gasteiger charge is 2.05. The smallest absolute Gasteiger partial charge is 0.335 e. The molecule has 0 radical (unpaired) electrons. The van der Waals surface area contributed by atoms with Crippen molar-refractivity contribution in [3.8, 4) is 5.75 Å². The van der Waals surface area contributed by atoms with E-state index in [0.29, 0.717) is 11.3 Å². The van der Waals surface area contributed by atoms with Crippen LogP contribution in [0.4, 0.5) is 0 Å².